The number of nitrogens with zero attached hydrogens (tertiary/aromatic N) is 2. The Bertz CT molecular complexity index is 802. The predicted molar refractivity (Wildman–Crippen MR) is 97.7 cm³/mol. The number of likely N-dealkylation sites (N-methyl/N-ethyl adjacent to an activating group) is 1. The minimum atomic E-state index is 0.0211. The Balaban J connectivity index is 1.79. The van der Waals surface area contributed by atoms with Crippen molar-refractivity contribution in [3.8, 4) is 0 Å². The van der Waals surface area contributed by atoms with Gasteiger partial charge in [-0.05, 0) is 23.8 Å². The van der Waals surface area contributed by atoms with Crippen molar-refractivity contribution >= 4 is 23.2 Å². The molecule has 124 valence electrons. The molecule has 2 aliphatic rings. The number of anilines is 1. The molecule has 2 aromatic carbocycles. The van der Waals surface area contributed by atoms with Crippen LogP contribution in [0.4, 0.5) is 5.69 Å². The number of benzene rings is 2. The number of hydrogen-bond acceptors (Lipinski definition) is 1. The summed E-state index contributed by atoms with van der Waals surface area (Å²) in [5.41, 5.74) is 2.95. The van der Waals surface area contributed by atoms with Crippen molar-refractivity contribution in [3.05, 3.63) is 64.7 Å². The second-order valence-electron chi connectivity index (χ2n) is 7.52. The Hall–Kier alpha value is -1.84. The lowest BCUT2D eigenvalue weighted by Gasteiger charge is -2.41. The van der Waals surface area contributed by atoms with Gasteiger partial charge in [0.1, 0.15) is 0 Å². The summed E-state index contributed by atoms with van der Waals surface area (Å²) in [5, 5.41) is 0.523. The first-order valence-corrected chi connectivity index (χ1v) is 8.85. The summed E-state index contributed by atoms with van der Waals surface area (Å²) in [6, 6.07) is 15.9. The van der Waals surface area contributed by atoms with Gasteiger partial charge in [0.05, 0.1) is 49.7 Å². The van der Waals surface area contributed by atoms with Crippen LogP contribution in [0.2, 0.25) is 5.02 Å². The highest BCUT2D eigenvalue weighted by Crippen LogP contribution is 2.46. The highest BCUT2D eigenvalue weighted by Gasteiger charge is 2.47. The monoisotopic (exact) mass is 341 g/mol. The summed E-state index contributed by atoms with van der Waals surface area (Å²) < 4.78 is 1.00. The Morgan fingerprint density at radius 2 is 1.83 bits per heavy atom. The van der Waals surface area contributed by atoms with E-state index in [1.807, 2.05) is 29.2 Å². The highest BCUT2D eigenvalue weighted by molar-refractivity contribution is 6.34. The number of likely N-dealkylation sites (tertiary alicyclic amines) is 1. The molecule has 1 amide bonds. The number of hydrogen-bond donors (Lipinski definition) is 0. The van der Waals surface area contributed by atoms with Crippen LogP contribution in [0.3, 0.4) is 0 Å². The fourth-order valence-electron chi connectivity index (χ4n) is 4.27. The highest BCUT2D eigenvalue weighted by atomic mass is 35.5. The molecule has 1 saturated heterocycles. The van der Waals surface area contributed by atoms with Crippen molar-refractivity contribution in [2.75, 3.05) is 32.1 Å². The van der Waals surface area contributed by atoms with Crippen molar-refractivity contribution in [2.45, 2.75) is 18.4 Å². The number of carbonyl (C=O) groups excluding carboxylic acids is 1. The molecule has 4 rings (SSSR count). The average Bonchev–Trinajstić information content (AvgIpc) is 2.87. The van der Waals surface area contributed by atoms with Crippen molar-refractivity contribution in [2.24, 2.45) is 0 Å². The van der Waals surface area contributed by atoms with Crippen LogP contribution < -0.4 is 4.90 Å². The number of rotatable bonds is 1. The molecule has 0 N–H and O–H groups in total. The van der Waals surface area contributed by atoms with Crippen LogP contribution in [0.1, 0.15) is 28.3 Å². The van der Waals surface area contributed by atoms with Crippen LogP contribution >= 0.6 is 11.6 Å². The van der Waals surface area contributed by atoms with Crippen LogP contribution in [0.15, 0.2) is 48.5 Å². The zero-order valence-electron chi connectivity index (χ0n) is 14.1. The van der Waals surface area contributed by atoms with Crippen molar-refractivity contribution in [1.29, 1.82) is 0 Å². The maximum atomic E-state index is 13.3. The van der Waals surface area contributed by atoms with Gasteiger partial charge in [0.2, 0.25) is 0 Å². The Kier molecular flexibility index (Phi) is 3.66. The van der Waals surface area contributed by atoms with Crippen LogP contribution in [-0.4, -0.2) is 43.6 Å². The molecule has 0 aromatic heterocycles. The van der Waals surface area contributed by atoms with Crippen molar-refractivity contribution < 1.29 is 9.28 Å². The summed E-state index contributed by atoms with van der Waals surface area (Å²) in [6.07, 6.45) is 1.02. The second-order valence-corrected chi connectivity index (χ2v) is 7.93. The third kappa shape index (κ3) is 2.43. The van der Waals surface area contributed by atoms with E-state index >= 15 is 0 Å². The van der Waals surface area contributed by atoms with E-state index in [-0.39, 0.29) is 11.9 Å². The average molecular weight is 342 g/mol. The van der Waals surface area contributed by atoms with Gasteiger partial charge in [-0.15, -0.1) is 0 Å². The van der Waals surface area contributed by atoms with Crippen molar-refractivity contribution in [1.82, 2.24) is 0 Å². The smallest absolute Gasteiger partial charge is 0.260 e. The molecule has 2 atom stereocenters. The van der Waals surface area contributed by atoms with Gasteiger partial charge >= 0.3 is 0 Å². The largest absolute Gasteiger partial charge is 0.328 e. The number of quaternary nitrogens is 1. The van der Waals surface area contributed by atoms with E-state index in [1.54, 1.807) is 6.07 Å². The van der Waals surface area contributed by atoms with Crippen molar-refractivity contribution in [3.63, 3.8) is 0 Å². The molecule has 2 aliphatic heterocycles. The van der Waals surface area contributed by atoms with Gasteiger partial charge in [0.25, 0.3) is 5.91 Å². The number of piperidine rings is 1. The third-order valence-electron chi connectivity index (χ3n) is 5.44. The Morgan fingerprint density at radius 3 is 2.62 bits per heavy atom. The molecule has 4 heteroatoms. The van der Waals surface area contributed by atoms with Gasteiger partial charge in [-0.1, -0.05) is 41.9 Å². The SMILES string of the molecule is C[N+]1(C)CC[C@@H]2[C@@H](C1)c1ccccc1N2C(=O)c1ccccc1Cl. The van der Waals surface area contributed by atoms with Gasteiger partial charge in [-0.2, -0.15) is 0 Å². The molecule has 0 spiro atoms. The second kappa shape index (κ2) is 5.61. The molecule has 1 fully saturated rings. The molecular weight excluding hydrogens is 320 g/mol. The van der Waals surface area contributed by atoms with E-state index in [9.17, 15) is 4.79 Å². The van der Waals surface area contributed by atoms with Crippen LogP contribution in [0.25, 0.3) is 0 Å². The Labute approximate surface area is 148 Å². The minimum Gasteiger partial charge on any atom is -0.328 e. The first-order valence-electron chi connectivity index (χ1n) is 8.47. The van der Waals surface area contributed by atoms with Crippen LogP contribution in [0.5, 0.6) is 0 Å². The Morgan fingerprint density at radius 1 is 1.12 bits per heavy atom. The quantitative estimate of drug-likeness (QED) is 0.720. The van der Waals surface area contributed by atoms with Crippen LogP contribution in [0, 0.1) is 0 Å². The first-order chi connectivity index (χ1) is 11.5. The molecule has 0 aliphatic carbocycles. The van der Waals surface area contributed by atoms with Gasteiger partial charge in [-0.3, -0.25) is 4.79 Å². The first kappa shape index (κ1) is 15.7. The maximum Gasteiger partial charge on any atom is 0.260 e. The molecule has 0 saturated carbocycles. The lowest BCUT2D eigenvalue weighted by atomic mass is 9.88. The van der Waals surface area contributed by atoms with Crippen LogP contribution in [-0.2, 0) is 0 Å². The van der Waals surface area contributed by atoms with E-state index in [0.717, 1.165) is 29.7 Å². The van der Waals surface area contributed by atoms with E-state index in [4.69, 9.17) is 11.6 Å². The number of amides is 1. The summed E-state index contributed by atoms with van der Waals surface area (Å²) in [5.74, 6) is 0.421. The summed E-state index contributed by atoms with van der Waals surface area (Å²) in [4.78, 5) is 15.3. The summed E-state index contributed by atoms with van der Waals surface area (Å²) in [6.45, 7) is 2.15. The van der Waals surface area contributed by atoms with Gasteiger partial charge in [-0.25, -0.2) is 0 Å². The maximum absolute atomic E-state index is 13.3. The number of halogens is 1. The molecule has 0 unspecified atom stereocenters. The molecule has 3 nitrogen and oxygen atoms in total. The molecule has 2 aromatic rings. The van der Waals surface area contributed by atoms with Gasteiger partial charge in [0, 0.05) is 12.1 Å². The third-order valence-corrected chi connectivity index (χ3v) is 5.77. The fraction of sp³-hybridized carbons (Fsp3) is 0.350. The normalized spacial score (nSPS) is 24.4. The van der Waals surface area contributed by atoms with E-state index < -0.39 is 0 Å². The topological polar surface area (TPSA) is 20.3 Å². The molecular formula is C20H22ClN2O+. The molecule has 24 heavy (non-hydrogen) atoms. The van der Waals surface area contributed by atoms with Gasteiger partial charge < -0.3 is 9.38 Å². The summed E-state index contributed by atoms with van der Waals surface area (Å²) in [7, 11) is 4.55. The van der Waals surface area contributed by atoms with E-state index in [0.29, 0.717) is 16.5 Å². The lowest BCUT2D eigenvalue weighted by Crippen LogP contribution is -2.54. The lowest BCUT2D eigenvalue weighted by molar-refractivity contribution is -0.896. The zero-order valence-corrected chi connectivity index (χ0v) is 14.8. The number of carbonyl (C=O) groups is 1. The minimum absolute atomic E-state index is 0.0211. The van der Waals surface area contributed by atoms with E-state index in [2.05, 4.69) is 32.3 Å². The number of fused-ring (bicyclic) bond motifs is 3. The molecule has 2 heterocycles. The van der Waals surface area contributed by atoms with E-state index in [1.165, 1.54) is 5.56 Å². The predicted octanol–water partition coefficient (Wildman–Crippen LogP) is 3.93. The molecule has 0 bridgehead atoms. The standard InChI is InChI=1S/C20H22ClN2O/c1-23(2)12-11-19-16(13-23)14-7-4-6-10-18(14)22(19)20(24)15-8-3-5-9-17(15)21/h3-10,16,19H,11-13H2,1-2H3/q+1/t16-,19+/m0/s1. The molecule has 0 radical (unpaired) electrons. The zero-order chi connectivity index (χ0) is 16.9. The van der Waals surface area contributed by atoms with Gasteiger partial charge in [0.15, 0.2) is 0 Å². The summed E-state index contributed by atoms with van der Waals surface area (Å²) >= 11 is 6.29. The number of para-hydroxylation sites is 1. The fourth-order valence-corrected chi connectivity index (χ4v) is 4.48.